The van der Waals surface area contributed by atoms with Crippen LogP contribution in [0.3, 0.4) is 0 Å². The van der Waals surface area contributed by atoms with Gasteiger partial charge in [0.15, 0.2) is 0 Å². The predicted octanol–water partition coefficient (Wildman–Crippen LogP) is 5.59. The molecule has 3 saturated carbocycles. The van der Waals surface area contributed by atoms with Gasteiger partial charge in [0.1, 0.15) is 11.7 Å². The number of rotatable bonds is 2. The second kappa shape index (κ2) is 6.84. The van der Waals surface area contributed by atoms with E-state index in [1.54, 1.807) is 5.57 Å². The minimum atomic E-state index is -0.255. The monoisotopic (exact) mass is 414 g/mol. The SMILES string of the molecule is CC(=O)O[C@@H]1CC[C@@]2(C)C(=CC[C@H]3[C@H]4CC[C@H]([C@]5(C)CCC(=O)O5)[C@]4(C)CC[C@H]32)C1. The molecule has 0 unspecified atom stereocenters. The van der Waals surface area contributed by atoms with Crippen molar-refractivity contribution >= 4 is 11.9 Å². The van der Waals surface area contributed by atoms with Gasteiger partial charge in [0.2, 0.25) is 0 Å². The average Bonchev–Trinajstić information content (AvgIpc) is 3.21. The Labute approximate surface area is 181 Å². The van der Waals surface area contributed by atoms with Gasteiger partial charge in [0.05, 0.1) is 0 Å². The number of esters is 2. The predicted molar refractivity (Wildman–Crippen MR) is 114 cm³/mol. The third kappa shape index (κ3) is 2.92. The van der Waals surface area contributed by atoms with E-state index in [-0.39, 0.29) is 34.5 Å². The molecule has 0 aromatic rings. The number of carbonyl (C=O) groups excluding carboxylic acids is 2. The summed E-state index contributed by atoms with van der Waals surface area (Å²) in [5, 5.41) is 0. The molecule has 4 heteroatoms. The Hall–Kier alpha value is -1.32. The molecule has 166 valence electrons. The van der Waals surface area contributed by atoms with Gasteiger partial charge in [-0.05, 0) is 86.9 Å². The number of fused-ring (bicyclic) bond motifs is 5. The Morgan fingerprint density at radius 3 is 2.57 bits per heavy atom. The van der Waals surface area contributed by atoms with Gasteiger partial charge < -0.3 is 9.47 Å². The lowest BCUT2D eigenvalue weighted by atomic mass is 9.46. The normalized spacial score (nSPS) is 50.1. The lowest BCUT2D eigenvalue weighted by Gasteiger charge is -2.59. The third-order valence-corrected chi connectivity index (χ3v) is 10.3. The lowest BCUT2D eigenvalue weighted by molar-refractivity contribution is -0.159. The van der Waals surface area contributed by atoms with Crippen molar-refractivity contribution < 1.29 is 19.1 Å². The molecule has 0 aromatic heterocycles. The molecule has 4 nitrogen and oxygen atoms in total. The highest BCUT2D eigenvalue weighted by atomic mass is 16.6. The lowest BCUT2D eigenvalue weighted by Crippen LogP contribution is -2.53. The van der Waals surface area contributed by atoms with E-state index in [0.717, 1.165) is 43.4 Å². The number of cyclic esters (lactones) is 1. The Morgan fingerprint density at radius 2 is 1.87 bits per heavy atom. The van der Waals surface area contributed by atoms with Gasteiger partial charge in [-0.25, -0.2) is 0 Å². The molecular formula is C26H38O4. The molecule has 30 heavy (non-hydrogen) atoms. The summed E-state index contributed by atoms with van der Waals surface area (Å²) in [7, 11) is 0. The van der Waals surface area contributed by atoms with Crippen molar-refractivity contribution in [2.45, 2.75) is 104 Å². The molecule has 0 spiro atoms. The van der Waals surface area contributed by atoms with Crippen molar-refractivity contribution in [2.24, 2.45) is 34.5 Å². The van der Waals surface area contributed by atoms with Crippen LogP contribution in [0.15, 0.2) is 11.6 Å². The molecule has 0 N–H and O–H groups in total. The molecule has 0 bridgehead atoms. The van der Waals surface area contributed by atoms with Crippen LogP contribution in [-0.2, 0) is 19.1 Å². The van der Waals surface area contributed by atoms with Crippen molar-refractivity contribution in [3.63, 3.8) is 0 Å². The van der Waals surface area contributed by atoms with Crippen LogP contribution in [0.2, 0.25) is 0 Å². The fourth-order valence-corrected chi connectivity index (χ4v) is 8.92. The number of ether oxygens (including phenoxy) is 2. The molecule has 0 amide bonds. The van der Waals surface area contributed by atoms with Crippen LogP contribution in [-0.4, -0.2) is 23.6 Å². The molecule has 0 radical (unpaired) electrons. The third-order valence-electron chi connectivity index (χ3n) is 10.3. The van der Waals surface area contributed by atoms with E-state index in [2.05, 4.69) is 26.8 Å². The largest absolute Gasteiger partial charge is 0.462 e. The average molecular weight is 415 g/mol. The van der Waals surface area contributed by atoms with Crippen LogP contribution in [0.25, 0.3) is 0 Å². The van der Waals surface area contributed by atoms with Crippen LogP contribution in [0, 0.1) is 34.5 Å². The van der Waals surface area contributed by atoms with Gasteiger partial charge >= 0.3 is 11.9 Å². The quantitative estimate of drug-likeness (QED) is 0.436. The van der Waals surface area contributed by atoms with E-state index in [9.17, 15) is 9.59 Å². The van der Waals surface area contributed by atoms with Crippen LogP contribution >= 0.6 is 0 Å². The minimum Gasteiger partial charge on any atom is -0.462 e. The number of carbonyl (C=O) groups is 2. The summed E-state index contributed by atoms with van der Waals surface area (Å²) < 4.78 is 11.5. The van der Waals surface area contributed by atoms with Crippen molar-refractivity contribution in [2.75, 3.05) is 0 Å². The maximum atomic E-state index is 11.9. The molecule has 5 aliphatic rings. The summed E-state index contributed by atoms with van der Waals surface area (Å²) in [5.41, 5.74) is 1.85. The molecular weight excluding hydrogens is 376 g/mol. The fraction of sp³-hybridized carbons (Fsp3) is 0.846. The molecule has 4 fully saturated rings. The first-order valence-corrected chi connectivity index (χ1v) is 12.2. The van der Waals surface area contributed by atoms with E-state index >= 15 is 0 Å². The van der Waals surface area contributed by atoms with Crippen molar-refractivity contribution in [3.8, 4) is 0 Å². The summed E-state index contributed by atoms with van der Waals surface area (Å²) in [4.78, 5) is 23.4. The molecule has 1 saturated heterocycles. The highest BCUT2D eigenvalue weighted by Gasteiger charge is 2.63. The van der Waals surface area contributed by atoms with Crippen LogP contribution in [0.4, 0.5) is 0 Å². The number of hydrogen-bond acceptors (Lipinski definition) is 4. The Kier molecular flexibility index (Phi) is 4.69. The summed E-state index contributed by atoms with van der Waals surface area (Å²) in [6.07, 6.45) is 13.3. The summed E-state index contributed by atoms with van der Waals surface area (Å²) in [5.74, 6) is 2.57. The topological polar surface area (TPSA) is 52.6 Å². The van der Waals surface area contributed by atoms with Crippen molar-refractivity contribution in [3.05, 3.63) is 11.6 Å². The van der Waals surface area contributed by atoms with Gasteiger partial charge in [-0.2, -0.15) is 0 Å². The first kappa shape index (κ1) is 20.6. The van der Waals surface area contributed by atoms with Gasteiger partial charge in [-0.3, -0.25) is 9.59 Å². The summed E-state index contributed by atoms with van der Waals surface area (Å²) in [6.45, 7) is 8.75. The minimum absolute atomic E-state index is 0.000489. The maximum Gasteiger partial charge on any atom is 0.306 e. The van der Waals surface area contributed by atoms with Crippen molar-refractivity contribution in [1.29, 1.82) is 0 Å². The van der Waals surface area contributed by atoms with Crippen molar-refractivity contribution in [1.82, 2.24) is 0 Å². The number of allylic oxidation sites excluding steroid dienone is 1. The first-order chi connectivity index (χ1) is 14.2. The second-order valence-electron chi connectivity index (χ2n) is 11.7. The van der Waals surface area contributed by atoms with E-state index in [0.29, 0.717) is 12.3 Å². The second-order valence-corrected chi connectivity index (χ2v) is 11.7. The zero-order chi connectivity index (χ0) is 21.3. The zero-order valence-electron chi connectivity index (χ0n) is 19.2. The van der Waals surface area contributed by atoms with Gasteiger partial charge in [0, 0.05) is 25.7 Å². The Balaban J connectivity index is 1.39. The molecule has 5 rings (SSSR count). The molecule has 1 aliphatic heterocycles. The molecule has 8 atom stereocenters. The van der Waals surface area contributed by atoms with E-state index in [4.69, 9.17) is 9.47 Å². The fourth-order valence-electron chi connectivity index (χ4n) is 8.92. The summed E-state index contributed by atoms with van der Waals surface area (Å²) >= 11 is 0. The highest BCUT2D eigenvalue weighted by molar-refractivity contribution is 5.72. The maximum absolute atomic E-state index is 11.9. The van der Waals surface area contributed by atoms with Gasteiger partial charge in [0.25, 0.3) is 0 Å². The van der Waals surface area contributed by atoms with E-state index in [1.165, 1.54) is 39.0 Å². The summed E-state index contributed by atoms with van der Waals surface area (Å²) in [6, 6.07) is 0. The van der Waals surface area contributed by atoms with Gasteiger partial charge in [-0.1, -0.05) is 25.5 Å². The smallest absolute Gasteiger partial charge is 0.306 e. The molecule has 4 aliphatic carbocycles. The molecule has 0 aromatic carbocycles. The van der Waals surface area contributed by atoms with Crippen LogP contribution < -0.4 is 0 Å². The molecule has 1 heterocycles. The van der Waals surface area contributed by atoms with E-state index < -0.39 is 0 Å². The highest BCUT2D eigenvalue weighted by Crippen LogP contribution is 2.68. The zero-order valence-corrected chi connectivity index (χ0v) is 19.2. The number of hydrogen-bond donors (Lipinski definition) is 0. The van der Waals surface area contributed by atoms with Gasteiger partial charge in [-0.15, -0.1) is 0 Å². The standard InChI is InChI=1S/C26H38O4/c1-16(27)29-18-9-12-24(2)17(15-18)5-6-19-20-7-8-22(25(20,3)13-10-21(19)24)26(4)14-11-23(28)30-26/h5,18-22H,6-15H2,1-4H3/t18-,19+,20-,21-,22+,24+,25-,26+/m1/s1. The van der Waals surface area contributed by atoms with Crippen LogP contribution in [0.5, 0.6) is 0 Å². The first-order valence-electron chi connectivity index (χ1n) is 12.2. The van der Waals surface area contributed by atoms with Crippen LogP contribution in [0.1, 0.15) is 91.9 Å². The Bertz CT molecular complexity index is 786. The van der Waals surface area contributed by atoms with E-state index in [1.807, 2.05) is 0 Å². The Morgan fingerprint density at radius 1 is 1.07 bits per heavy atom.